The second-order valence-corrected chi connectivity index (χ2v) is 13.5. The number of fused-ring (bicyclic) bond motifs is 3. The van der Waals surface area contributed by atoms with Gasteiger partial charge in [0.15, 0.2) is 17.3 Å². The molecule has 0 spiro atoms. The van der Waals surface area contributed by atoms with Crippen molar-refractivity contribution in [1.82, 2.24) is 19.4 Å². The number of aromatic nitrogens is 3. The summed E-state index contributed by atoms with van der Waals surface area (Å²) >= 11 is 1.56. The summed E-state index contributed by atoms with van der Waals surface area (Å²) < 4.78 is 14.4. The van der Waals surface area contributed by atoms with Gasteiger partial charge in [0.25, 0.3) is 5.56 Å². The van der Waals surface area contributed by atoms with E-state index in [9.17, 15) is 9.59 Å². The smallest absolute Gasteiger partial charge is 0.410 e. The summed E-state index contributed by atoms with van der Waals surface area (Å²) in [7, 11) is 0. The Morgan fingerprint density at radius 1 is 1.07 bits per heavy atom. The highest BCUT2D eigenvalue weighted by molar-refractivity contribution is 7.25. The molecule has 1 fully saturated rings. The number of hydrogen-bond acceptors (Lipinski definition) is 7. The largest absolute Gasteiger partial charge is 0.490 e. The summed E-state index contributed by atoms with van der Waals surface area (Å²) in [5.74, 6) is 1.51. The summed E-state index contributed by atoms with van der Waals surface area (Å²) in [5.41, 5.74) is 1.81. The number of likely N-dealkylation sites (tertiary alicyclic amines) is 1. The van der Waals surface area contributed by atoms with Gasteiger partial charge in [0, 0.05) is 34.8 Å². The van der Waals surface area contributed by atoms with Crippen molar-refractivity contribution in [2.45, 2.75) is 52.2 Å². The summed E-state index contributed by atoms with van der Waals surface area (Å²) in [6.45, 7) is 16.9. The van der Waals surface area contributed by atoms with Gasteiger partial charge >= 0.3 is 6.09 Å². The van der Waals surface area contributed by atoms with Gasteiger partial charge in [-0.1, -0.05) is 30.3 Å². The number of benzene rings is 2. The average molecular weight is 622 g/mol. The molecule has 45 heavy (non-hydrogen) atoms. The lowest BCUT2D eigenvalue weighted by Crippen LogP contribution is -2.42. The molecule has 9 nitrogen and oxygen atoms in total. The van der Waals surface area contributed by atoms with Gasteiger partial charge in [0.1, 0.15) is 10.4 Å². The van der Waals surface area contributed by atoms with E-state index in [2.05, 4.69) is 14.8 Å². The predicted molar refractivity (Wildman–Crippen MR) is 177 cm³/mol. The third-order valence-corrected chi connectivity index (χ3v) is 9.25. The Labute approximate surface area is 265 Å². The number of carbonyl (C=O) groups excluding carboxylic acids is 1. The van der Waals surface area contributed by atoms with Crippen molar-refractivity contribution < 1.29 is 14.3 Å². The Balaban J connectivity index is 1.13. The van der Waals surface area contributed by atoms with Crippen LogP contribution in [0.4, 0.5) is 10.5 Å². The molecular weight excluding hydrogens is 586 g/mol. The van der Waals surface area contributed by atoms with Crippen molar-refractivity contribution in [1.29, 1.82) is 0 Å². The molecule has 230 valence electrons. The first-order chi connectivity index (χ1) is 21.6. The van der Waals surface area contributed by atoms with Gasteiger partial charge in [-0.25, -0.2) is 19.6 Å². The normalized spacial score (nSPS) is 14.8. The topological polar surface area (TPSA) is 90.9 Å². The maximum atomic E-state index is 13.2. The van der Waals surface area contributed by atoms with E-state index in [4.69, 9.17) is 16.0 Å². The monoisotopic (exact) mass is 621 g/mol. The van der Waals surface area contributed by atoms with Crippen LogP contribution in [0.25, 0.3) is 36.5 Å². The van der Waals surface area contributed by atoms with Gasteiger partial charge in [-0.2, -0.15) is 0 Å². The van der Waals surface area contributed by atoms with Gasteiger partial charge in [-0.3, -0.25) is 9.36 Å². The van der Waals surface area contributed by atoms with Crippen molar-refractivity contribution in [2.24, 2.45) is 5.92 Å². The summed E-state index contributed by atoms with van der Waals surface area (Å²) in [6, 6.07) is 16.8. The van der Waals surface area contributed by atoms with E-state index < -0.39 is 5.60 Å². The Bertz CT molecular complexity index is 1960. The Morgan fingerprint density at radius 3 is 2.53 bits per heavy atom. The first kappa shape index (κ1) is 30.3. The lowest BCUT2D eigenvalue weighted by atomic mass is 9.98. The standard InChI is InChI=1S/C35H35N5O4S/c1-22(40-31(41)12-10-28-29-18-26(36-5)9-11-30(29)45-33(28)40)24-7-6-8-25(17-24)32-37-19-27(20-38-32)43-21-23-13-15-39(16-14-23)34(42)44-35(2,3)4/h6-12,17-20,22-23H,13-16,21H2,1-4H3/t22-/m1/s1. The number of amides is 1. The zero-order chi connectivity index (χ0) is 31.7. The highest BCUT2D eigenvalue weighted by atomic mass is 32.1. The van der Waals surface area contributed by atoms with E-state index in [1.54, 1.807) is 34.7 Å². The van der Waals surface area contributed by atoms with Crippen LogP contribution in [-0.4, -0.2) is 50.8 Å². The fourth-order valence-electron chi connectivity index (χ4n) is 5.65. The van der Waals surface area contributed by atoms with E-state index in [1.165, 1.54) is 0 Å². The van der Waals surface area contributed by atoms with E-state index in [1.807, 2.05) is 80.8 Å². The third kappa shape index (κ3) is 6.54. The maximum absolute atomic E-state index is 13.2. The molecular formula is C35H35N5O4S. The Morgan fingerprint density at radius 2 is 1.82 bits per heavy atom. The quantitative estimate of drug-likeness (QED) is 0.179. The highest BCUT2D eigenvalue weighted by Gasteiger charge is 2.27. The minimum Gasteiger partial charge on any atom is -0.490 e. The Hall–Kier alpha value is -4.75. The summed E-state index contributed by atoms with van der Waals surface area (Å²) in [6.07, 6.45) is 4.82. The Kier molecular flexibility index (Phi) is 8.30. The minimum atomic E-state index is -0.498. The van der Waals surface area contributed by atoms with E-state index in [-0.39, 0.29) is 17.7 Å². The van der Waals surface area contributed by atoms with E-state index >= 15 is 0 Å². The SMILES string of the molecule is [C-]#[N+]c1ccc2sc3c(ccc(=O)n3[C@H](C)c3cccc(-c4ncc(OCC5CCN(C(=O)OC(C)(C)C)CC5)cn4)c3)c2c1. The fourth-order valence-corrected chi connectivity index (χ4v) is 6.91. The van der Waals surface area contributed by atoms with Gasteiger partial charge < -0.3 is 14.4 Å². The summed E-state index contributed by atoms with van der Waals surface area (Å²) in [4.78, 5) is 40.9. The molecule has 1 atom stereocenters. The van der Waals surface area contributed by atoms with Gasteiger partial charge in [0.05, 0.1) is 31.6 Å². The predicted octanol–water partition coefficient (Wildman–Crippen LogP) is 7.86. The molecule has 0 bridgehead atoms. The lowest BCUT2D eigenvalue weighted by Gasteiger charge is -2.33. The number of pyridine rings is 1. The number of piperidine rings is 1. The van der Waals surface area contributed by atoms with Crippen LogP contribution in [0.1, 0.15) is 52.1 Å². The molecule has 0 unspecified atom stereocenters. The zero-order valence-corrected chi connectivity index (χ0v) is 26.6. The molecule has 1 aliphatic heterocycles. The van der Waals surface area contributed by atoms with Crippen LogP contribution in [0.5, 0.6) is 5.75 Å². The minimum absolute atomic E-state index is 0.0781. The molecule has 5 aromatic rings. The first-order valence-corrected chi connectivity index (χ1v) is 15.9. The van der Waals surface area contributed by atoms with Crippen LogP contribution in [0, 0.1) is 12.5 Å². The van der Waals surface area contributed by atoms with Gasteiger partial charge in [-0.15, -0.1) is 11.3 Å². The van der Waals surface area contributed by atoms with Crippen LogP contribution in [0.2, 0.25) is 0 Å². The molecule has 4 heterocycles. The van der Waals surface area contributed by atoms with Crippen LogP contribution >= 0.6 is 11.3 Å². The van der Waals surface area contributed by atoms with Crippen LogP contribution in [-0.2, 0) is 4.74 Å². The van der Waals surface area contributed by atoms with E-state index in [0.29, 0.717) is 42.9 Å². The average Bonchev–Trinajstić information content (AvgIpc) is 3.40. The van der Waals surface area contributed by atoms with Crippen LogP contribution in [0.15, 0.2) is 71.8 Å². The maximum Gasteiger partial charge on any atom is 0.410 e. The number of nitrogens with zero attached hydrogens (tertiary/aromatic N) is 5. The molecule has 10 heteroatoms. The van der Waals surface area contributed by atoms with Gasteiger partial charge in [-0.05, 0) is 75.6 Å². The first-order valence-electron chi connectivity index (χ1n) is 15.1. The van der Waals surface area contributed by atoms with E-state index in [0.717, 1.165) is 44.3 Å². The third-order valence-electron chi connectivity index (χ3n) is 8.06. The number of ether oxygens (including phenoxy) is 2. The van der Waals surface area contributed by atoms with Crippen molar-refractivity contribution in [3.05, 3.63) is 94.3 Å². The number of rotatable bonds is 6. The number of carbonyl (C=O) groups is 1. The van der Waals surface area contributed by atoms with Crippen molar-refractivity contribution in [3.8, 4) is 17.1 Å². The van der Waals surface area contributed by atoms with Crippen molar-refractivity contribution in [2.75, 3.05) is 19.7 Å². The summed E-state index contributed by atoms with van der Waals surface area (Å²) in [5, 5.41) is 1.95. The van der Waals surface area contributed by atoms with Crippen molar-refractivity contribution in [3.63, 3.8) is 0 Å². The second kappa shape index (κ2) is 12.3. The van der Waals surface area contributed by atoms with Gasteiger partial charge in [0.2, 0.25) is 0 Å². The lowest BCUT2D eigenvalue weighted by molar-refractivity contribution is 0.0165. The number of thiophene rings is 1. The molecule has 2 aromatic carbocycles. The van der Waals surface area contributed by atoms with Crippen molar-refractivity contribution >= 4 is 43.4 Å². The molecule has 0 saturated carbocycles. The molecule has 1 aliphatic rings. The van der Waals surface area contributed by atoms with Crippen LogP contribution < -0.4 is 10.3 Å². The molecule has 0 N–H and O–H groups in total. The van der Waals surface area contributed by atoms with Crippen LogP contribution in [0.3, 0.4) is 0 Å². The second-order valence-electron chi connectivity index (χ2n) is 12.4. The fraction of sp³-hybridized carbons (Fsp3) is 0.343. The highest BCUT2D eigenvalue weighted by Crippen LogP contribution is 2.37. The molecule has 6 rings (SSSR count). The number of hydrogen-bond donors (Lipinski definition) is 0. The molecule has 0 aliphatic carbocycles. The zero-order valence-electron chi connectivity index (χ0n) is 25.8. The molecule has 1 amide bonds. The molecule has 3 aromatic heterocycles. The molecule has 0 radical (unpaired) electrons. The molecule has 1 saturated heterocycles.